The highest BCUT2D eigenvalue weighted by Crippen LogP contribution is 2.27. The molecule has 166 valence electrons. The van der Waals surface area contributed by atoms with Crippen molar-refractivity contribution in [2.24, 2.45) is 0 Å². The second kappa shape index (κ2) is 11.8. The van der Waals surface area contributed by atoms with Crippen molar-refractivity contribution >= 4 is 26.6 Å². The molecular formula is C24H28O5S2. The van der Waals surface area contributed by atoms with Crippen LogP contribution in [-0.2, 0) is 30.2 Å². The first kappa shape index (κ1) is 24.8. The standard InChI is InChI=1S/C24H28O5S2/c1-19(14-15-30(26)22-10-6-4-7-11-22)16-24(17-20(2)18-29-21(3)25)31(27,28)23-12-8-5-9-13-23/h4-13,24H,1-2,14-18H2,3H3/t24-,30-/m1/s1. The molecule has 0 heterocycles. The van der Waals surface area contributed by atoms with E-state index in [2.05, 4.69) is 13.2 Å². The van der Waals surface area contributed by atoms with Gasteiger partial charge in [0.05, 0.1) is 20.9 Å². The lowest BCUT2D eigenvalue weighted by Crippen LogP contribution is -2.24. The van der Waals surface area contributed by atoms with Crippen molar-refractivity contribution in [3.63, 3.8) is 0 Å². The number of esters is 1. The summed E-state index contributed by atoms with van der Waals surface area (Å²) in [5.41, 5.74) is 1.22. The first-order valence-corrected chi connectivity index (χ1v) is 12.8. The van der Waals surface area contributed by atoms with Crippen LogP contribution >= 0.6 is 0 Å². The maximum atomic E-state index is 13.3. The van der Waals surface area contributed by atoms with Crippen molar-refractivity contribution in [2.45, 2.75) is 41.2 Å². The minimum absolute atomic E-state index is 0.0271. The molecule has 0 N–H and O–H groups in total. The molecule has 31 heavy (non-hydrogen) atoms. The quantitative estimate of drug-likeness (QED) is 0.345. The SMILES string of the molecule is C=C(CC[S@@](=O)c1ccccc1)C[C@H](CC(=C)COC(C)=O)S(=O)(=O)c1ccccc1. The Hall–Kier alpha value is -2.51. The molecule has 2 aromatic rings. The molecule has 0 unspecified atom stereocenters. The molecule has 0 amide bonds. The highest BCUT2D eigenvalue weighted by atomic mass is 32.2. The molecule has 7 heteroatoms. The van der Waals surface area contributed by atoms with Crippen molar-refractivity contribution in [1.29, 1.82) is 0 Å². The van der Waals surface area contributed by atoms with Gasteiger partial charge in [-0.05, 0) is 49.1 Å². The zero-order chi connectivity index (χ0) is 22.9. The van der Waals surface area contributed by atoms with Gasteiger partial charge < -0.3 is 4.74 Å². The van der Waals surface area contributed by atoms with Gasteiger partial charge in [-0.2, -0.15) is 0 Å². The molecule has 2 rings (SSSR count). The van der Waals surface area contributed by atoms with Crippen LogP contribution in [0, 0.1) is 0 Å². The van der Waals surface area contributed by atoms with Crippen molar-refractivity contribution in [3.05, 3.63) is 85.0 Å². The molecule has 0 saturated heterocycles. The molecule has 0 aliphatic carbocycles. The number of benzene rings is 2. The molecule has 0 fully saturated rings. The summed E-state index contributed by atoms with van der Waals surface area (Å²) >= 11 is 0. The number of sulfone groups is 1. The van der Waals surface area contributed by atoms with Crippen molar-refractivity contribution < 1.29 is 22.2 Å². The summed E-state index contributed by atoms with van der Waals surface area (Å²) < 4.78 is 43.9. The lowest BCUT2D eigenvalue weighted by Gasteiger charge is -2.20. The van der Waals surface area contributed by atoms with E-state index in [1.165, 1.54) is 6.92 Å². The van der Waals surface area contributed by atoms with Crippen LogP contribution in [0.5, 0.6) is 0 Å². The van der Waals surface area contributed by atoms with E-state index < -0.39 is 31.9 Å². The largest absolute Gasteiger partial charge is 0.461 e. The Balaban J connectivity index is 2.10. The fourth-order valence-electron chi connectivity index (χ4n) is 3.03. The molecule has 2 atom stereocenters. The lowest BCUT2D eigenvalue weighted by atomic mass is 10.0. The van der Waals surface area contributed by atoms with Crippen LogP contribution in [0.25, 0.3) is 0 Å². The summed E-state index contributed by atoms with van der Waals surface area (Å²) in [6.45, 7) is 9.17. The van der Waals surface area contributed by atoms with Gasteiger partial charge >= 0.3 is 5.97 Å². The number of hydrogen-bond donors (Lipinski definition) is 0. The van der Waals surface area contributed by atoms with Gasteiger partial charge in [0.2, 0.25) is 0 Å². The fraction of sp³-hybridized carbons (Fsp3) is 0.292. The van der Waals surface area contributed by atoms with Gasteiger partial charge in [0.15, 0.2) is 9.84 Å². The molecule has 0 radical (unpaired) electrons. The third kappa shape index (κ3) is 7.92. The number of rotatable bonds is 12. The maximum Gasteiger partial charge on any atom is 0.302 e. The first-order valence-electron chi connectivity index (χ1n) is 9.89. The van der Waals surface area contributed by atoms with E-state index in [0.29, 0.717) is 23.3 Å². The fourth-order valence-corrected chi connectivity index (χ4v) is 6.03. The number of allylic oxidation sites excluding steroid dienone is 1. The van der Waals surface area contributed by atoms with Crippen LogP contribution in [0.15, 0.2) is 94.8 Å². The van der Waals surface area contributed by atoms with Gasteiger partial charge in [-0.15, -0.1) is 0 Å². The molecular weight excluding hydrogens is 432 g/mol. The Kier molecular flexibility index (Phi) is 9.40. The van der Waals surface area contributed by atoms with Gasteiger partial charge in [0, 0.05) is 17.6 Å². The summed E-state index contributed by atoms with van der Waals surface area (Å²) in [6, 6.07) is 17.4. The van der Waals surface area contributed by atoms with Gasteiger partial charge in [-0.1, -0.05) is 55.1 Å². The van der Waals surface area contributed by atoms with E-state index in [4.69, 9.17) is 4.74 Å². The summed E-state index contributed by atoms with van der Waals surface area (Å²) in [5.74, 6) is -0.0774. The molecule has 0 spiro atoms. The zero-order valence-corrected chi connectivity index (χ0v) is 19.3. The topological polar surface area (TPSA) is 77.5 Å². The minimum Gasteiger partial charge on any atom is -0.461 e. The van der Waals surface area contributed by atoms with Gasteiger partial charge in [0.25, 0.3) is 0 Å². The van der Waals surface area contributed by atoms with Gasteiger partial charge in [0.1, 0.15) is 6.61 Å². The Labute approximate surface area is 187 Å². The highest BCUT2D eigenvalue weighted by Gasteiger charge is 2.28. The molecule has 0 bridgehead atoms. The summed E-state index contributed by atoms with van der Waals surface area (Å²) in [4.78, 5) is 12.0. The minimum atomic E-state index is -3.66. The van der Waals surface area contributed by atoms with E-state index in [-0.39, 0.29) is 24.3 Å². The third-order valence-electron chi connectivity index (χ3n) is 4.67. The Morgan fingerprint density at radius 1 is 0.968 bits per heavy atom. The highest BCUT2D eigenvalue weighted by molar-refractivity contribution is 7.92. The smallest absolute Gasteiger partial charge is 0.302 e. The monoisotopic (exact) mass is 460 g/mol. The summed E-state index contributed by atoms with van der Waals surface area (Å²) in [6.07, 6.45) is 0.798. The second-order valence-electron chi connectivity index (χ2n) is 7.28. The lowest BCUT2D eigenvalue weighted by molar-refractivity contribution is -0.140. The van der Waals surface area contributed by atoms with Crippen molar-refractivity contribution in [1.82, 2.24) is 0 Å². The van der Waals surface area contributed by atoms with Crippen molar-refractivity contribution in [3.8, 4) is 0 Å². The third-order valence-corrected chi connectivity index (χ3v) is 8.18. The maximum absolute atomic E-state index is 13.3. The predicted molar refractivity (Wildman–Crippen MR) is 124 cm³/mol. The van der Waals surface area contributed by atoms with Crippen LogP contribution in [0.2, 0.25) is 0 Å². The van der Waals surface area contributed by atoms with Gasteiger partial charge in [-0.3, -0.25) is 9.00 Å². The predicted octanol–water partition coefficient (Wildman–Crippen LogP) is 4.48. The van der Waals surface area contributed by atoms with E-state index in [9.17, 15) is 17.4 Å². The molecule has 2 aromatic carbocycles. The Morgan fingerprint density at radius 2 is 1.52 bits per heavy atom. The molecule has 0 aromatic heterocycles. The molecule has 0 aliphatic rings. The summed E-state index contributed by atoms with van der Waals surface area (Å²) in [7, 11) is -4.84. The van der Waals surface area contributed by atoms with Crippen LogP contribution in [0.4, 0.5) is 0 Å². The first-order chi connectivity index (χ1) is 14.7. The normalized spacial score (nSPS) is 13.2. The number of ether oxygens (including phenoxy) is 1. The molecule has 5 nitrogen and oxygen atoms in total. The number of hydrogen-bond acceptors (Lipinski definition) is 5. The average Bonchev–Trinajstić information content (AvgIpc) is 2.76. The van der Waals surface area contributed by atoms with Crippen LogP contribution in [0.1, 0.15) is 26.2 Å². The van der Waals surface area contributed by atoms with Crippen molar-refractivity contribution in [2.75, 3.05) is 12.4 Å². The zero-order valence-electron chi connectivity index (χ0n) is 17.7. The average molecular weight is 461 g/mol. The number of carbonyl (C=O) groups is 1. The van der Waals surface area contributed by atoms with E-state index in [1.54, 1.807) is 42.5 Å². The second-order valence-corrected chi connectivity index (χ2v) is 11.1. The van der Waals surface area contributed by atoms with Crippen LogP contribution in [0.3, 0.4) is 0 Å². The van der Waals surface area contributed by atoms with Gasteiger partial charge in [-0.25, -0.2) is 8.42 Å². The van der Waals surface area contributed by atoms with Crippen LogP contribution < -0.4 is 0 Å². The van der Waals surface area contributed by atoms with E-state index in [1.807, 2.05) is 18.2 Å². The van der Waals surface area contributed by atoms with E-state index >= 15 is 0 Å². The molecule has 0 aliphatic heterocycles. The van der Waals surface area contributed by atoms with Crippen LogP contribution in [-0.4, -0.2) is 36.2 Å². The Bertz CT molecular complexity index is 1030. The molecule has 0 saturated carbocycles. The van der Waals surface area contributed by atoms with E-state index in [0.717, 1.165) is 4.90 Å². The summed E-state index contributed by atoms with van der Waals surface area (Å²) in [5, 5.41) is -0.796. The number of carbonyl (C=O) groups excluding carboxylic acids is 1. The Morgan fingerprint density at radius 3 is 2.10 bits per heavy atom.